The standard InChI is InChI=1S/C14H18N2.2C4H7O.2ClH.Zr/c1-9-3-5-11-7-8-12-6-4-10(2)16-14(12)13(11)15-9;2*1-2-4-5-3-1;;;/h7-10H,3-6H2,1-2H3;2*3H,1-2,4H2;2*1H;/q-2;2*-1;;;+2/p-2. The molecule has 0 spiro atoms. The monoisotopic (exact) mass is 516 g/mol. The second kappa shape index (κ2) is 15.1. The summed E-state index contributed by atoms with van der Waals surface area (Å²) >= 11 is -0.826. The molecule has 7 heteroatoms. The Balaban J connectivity index is 0.000000188. The molecule has 0 radical (unpaired) electrons. The number of nitrogens with zero attached hydrogens (tertiary/aromatic N) is 2. The van der Waals surface area contributed by atoms with E-state index >= 15 is 0 Å². The molecule has 164 valence electrons. The summed E-state index contributed by atoms with van der Waals surface area (Å²) in [4.78, 5) is 0. The first kappa shape index (κ1) is 25.5. The third kappa shape index (κ3) is 9.48. The van der Waals surface area contributed by atoms with Crippen molar-refractivity contribution in [2.45, 2.75) is 77.3 Å². The maximum atomic E-state index is 4.93. The molecule has 4 aliphatic heterocycles. The fourth-order valence-electron chi connectivity index (χ4n) is 3.49. The molecule has 0 amide bonds. The molecule has 2 fully saturated rings. The number of hydrogen-bond donors (Lipinski definition) is 0. The van der Waals surface area contributed by atoms with Gasteiger partial charge in [-0.25, -0.2) is 13.2 Å². The van der Waals surface area contributed by atoms with Crippen LogP contribution in [0.5, 0.6) is 0 Å². The fourth-order valence-corrected chi connectivity index (χ4v) is 3.49. The normalized spacial score (nSPS) is 23.9. The van der Waals surface area contributed by atoms with Crippen molar-refractivity contribution in [1.82, 2.24) is 0 Å². The molecule has 0 aromatic heterocycles. The van der Waals surface area contributed by atoms with Crippen molar-refractivity contribution in [3.8, 4) is 0 Å². The van der Waals surface area contributed by atoms with Crippen molar-refractivity contribution in [1.29, 1.82) is 0 Å². The summed E-state index contributed by atoms with van der Waals surface area (Å²) in [6.07, 6.45) is 9.44. The predicted molar refractivity (Wildman–Crippen MR) is 119 cm³/mol. The van der Waals surface area contributed by atoms with Gasteiger partial charge in [0.25, 0.3) is 0 Å². The van der Waals surface area contributed by atoms with Crippen LogP contribution < -0.4 is 0 Å². The fraction of sp³-hybridized carbons (Fsp3) is 0.636. The van der Waals surface area contributed by atoms with Crippen molar-refractivity contribution in [3.63, 3.8) is 0 Å². The van der Waals surface area contributed by atoms with E-state index in [-0.39, 0.29) is 0 Å². The number of fused-ring (bicyclic) bond motifs is 3. The molecule has 2 atom stereocenters. The Hall–Kier alpha value is 0.203. The minimum atomic E-state index is -0.826. The third-order valence-corrected chi connectivity index (χ3v) is 5.08. The van der Waals surface area contributed by atoms with Gasteiger partial charge in [0.2, 0.25) is 0 Å². The molecule has 29 heavy (non-hydrogen) atoms. The van der Waals surface area contributed by atoms with Gasteiger partial charge in [0, 0.05) is 13.2 Å². The quantitative estimate of drug-likeness (QED) is 0.331. The average molecular weight is 519 g/mol. The van der Waals surface area contributed by atoms with Crippen LogP contribution in [0.4, 0.5) is 11.4 Å². The molecule has 0 saturated carbocycles. The maximum absolute atomic E-state index is 4.93. The molecular weight excluding hydrogens is 486 g/mol. The zero-order valence-corrected chi connectivity index (χ0v) is 21.5. The molecule has 5 rings (SSSR count). The minimum absolute atomic E-state index is 0.464. The molecule has 1 aromatic rings. The Labute approximate surface area is 195 Å². The molecule has 4 aliphatic rings. The summed E-state index contributed by atoms with van der Waals surface area (Å²) in [5, 5.41) is 9.60. The first-order valence-corrected chi connectivity index (χ1v) is 16.9. The topological polar surface area (TPSA) is 46.7 Å². The van der Waals surface area contributed by atoms with Gasteiger partial charge < -0.3 is 20.1 Å². The molecule has 4 heterocycles. The Morgan fingerprint density at radius 3 is 1.55 bits per heavy atom. The summed E-state index contributed by atoms with van der Waals surface area (Å²) < 4.78 is 9.64. The van der Waals surface area contributed by atoms with E-state index in [9.17, 15) is 0 Å². The van der Waals surface area contributed by atoms with E-state index in [0.29, 0.717) is 12.1 Å². The first-order valence-electron chi connectivity index (χ1n) is 10.5. The van der Waals surface area contributed by atoms with E-state index in [0.717, 1.165) is 38.9 Å². The van der Waals surface area contributed by atoms with Crippen molar-refractivity contribution < 1.29 is 30.3 Å². The van der Waals surface area contributed by atoms with Crippen LogP contribution in [-0.4, -0.2) is 25.3 Å². The van der Waals surface area contributed by atoms with E-state index in [1.807, 2.05) is 13.2 Å². The number of rotatable bonds is 0. The van der Waals surface area contributed by atoms with Crippen LogP contribution in [0.25, 0.3) is 10.6 Å². The van der Waals surface area contributed by atoms with Gasteiger partial charge in [-0.05, 0) is 12.8 Å². The van der Waals surface area contributed by atoms with Gasteiger partial charge in [0.1, 0.15) is 0 Å². The van der Waals surface area contributed by atoms with Crippen LogP contribution in [0.2, 0.25) is 0 Å². The second-order valence-electron chi connectivity index (χ2n) is 7.55. The zero-order chi connectivity index (χ0) is 20.9. The van der Waals surface area contributed by atoms with E-state index in [1.54, 1.807) is 0 Å². The molecule has 4 nitrogen and oxygen atoms in total. The summed E-state index contributed by atoms with van der Waals surface area (Å²) in [5.74, 6) is 0. The van der Waals surface area contributed by atoms with Gasteiger partial charge in [-0.15, -0.1) is 12.1 Å². The summed E-state index contributed by atoms with van der Waals surface area (Å²) in [6, 6.07) is 5.45. The van der Waals surface area contributed by atoms with Gasteiger partial charge in [-0.2, -0.15) is 24.2 Å². The molecular formula is C22H32Cl2N2O2Zr-4. The number of aryl methyl sites for hydroxylation is 2. The summed E-state index contributed by atoms with van der Waals surface area (Å²) in [6.45, 7) is 10.0. The summed E-state index contributed by atoms with van der Waals surface area (Å²) in [7, 11) is 9.87. The Kier molecular flexibility index (Phi) is 13.2. The van der Waals surface area contributed by atoms with Crippen molar-refractivity contribution in [2.24, 2.45) is 0 Å². The average Bonchev–Trinajstić information content (AvgIpc) is 3.47. The predicted octanol–water partition coefficient (Wildman–Crippen LogP) is 7.66. The number of benzene rings is 1. The SMILES string of the molecule is CC1CCc2ccc3c(c2[N-]1)[N-]C(C)CC3.[CH-]1CCCO1.[CH-]1CCCO1.[Cl][Zr][Cl]. The number of hydrogen-bond acceptors (Lipinski definition) is 2. The van der Waals surface area contributed by atoms with E-state index in [4.69, 9.17) is 37.1 Å². The van der Waals surface area contributed by atoms with Gasteiger partial charge in [0.15, 0.2) is 0 Å². The van der Waals surface area contributed by atoms with Crippen molar-refractivity contribution in [3.05, 3.63) is 47.1 Å². The van der Waals surface area contributed by atoms with Crippen LogP contribution in [0.3, 0.4) is 0 Å². The van der Waals surface area contributed by atoms with E-state index in [2.05, 4.69) is 26.0 Å². The summed E-state index contributed by atoms with van der Waals surface area (Å²) in [5.41, 5.74) is 5.19. The Morgan fingerprint density at radius 2 is 1.28 bits per heavy atom. The van der Waals surface area contributed by atoms with Crippen LogP contribution in [0, 0.1) is 13.2 Å². The van der Waals surface area contributed by atoms with Gasteiger partial charge in [-0.3, -0.25) is 0 Å². The van der Waals surface area contributed by atoms with Crippen LogP contribution >= 0.6 is 17.0 Å². The first-order chi connectivity index (χ1) is 14.2. The number of ether oxygens (including phenoxy) is 2. The Morgan fingerprint density at radius 1 is 0.862 bits per heavy atom. The second-order valence-corrected chi connectivity index (χ2v) is 11.3. The molecule has 1 aromatic carbocycles. The van der Waals surface area contributed by atoms with Gasteiger partial charge >= 0.3 is 37.9 Å². The van der Waals surface area contributed by atoms with E-state index in [1.165, 1.54) is 48.2 Å². The van der Waals surface area contributed by atoms with Crippen LogP contribution in [0.1, 0.15) is 63.5 Å². The molecule has 0 N–H and O–H groups in total. The van der Waals surface area contributed by atoms with Crippen LogP contribution in [0.15, 0.2) is 12.1 Å². The molecule has 0 aliphatic carbocycles. The number of halogens is 2. The van der Waals surface area contributed by atoms with Crippen molar-refractivity contribution in [2.75, 3.05) is 13.2 Å². The molecule has 2 unspecified atom stereocenters. The molecule has 0 bridgehead atoms. The van der Waals surface area contributed by atoms with Crippen molar-refractivity contribution >= 4 is 28.4 Å². The van der Waals surface area contributed by atoms with Gasteiger partial charge in [0.05, 0.1) is 0 Å². The van der Waals surface area contributed by atoms with Crippen LogP contribution in [-0.2, 0) is 43.2 Å². The third-order valence-electron chi connectivity index (χ3n) is 5.08. The molecule has 2 saturated heterocycles. The Bertz CT molecular complexity index is 520. The van der Waals surface area contributed by atoms with Gasteiger partial charge in [-0.1, -0.05) is 62.8 Å². The zero-order valence-electron chi connectivity index (χ0n) is 17.5. The van der Waals surface area contributed by atoms with E-state index < -0.39 is 20.8 Å².